The van der Waals surface area contributed by atoms with Gasteiger partial charge < -0.3 is 5.32 Å². The summed E-state index contributed by atoms with van der Waals surface area (Å²) < 4.78 is 25.7. The summed E-state index contributed by atoms with van der Waals surface area (Å²) in [5.41, 5.74) is 0.482. The third kappa shape index (κ3) is 4.01. The van der Waals surface area contributed by atoms with Gasteiger partial charge >= 0.3 is 0 Å². The Morgan fingerprint density at radius 3 is 2.50 bits per heavy atom. The molecule has 1 fully saturated rings. The predicted octanol–water partition coefficient (Wildman–Crippen LogP) is 0.627. The lowest BCUT2D eigenvalue weighted by Crippen LogP contribution is -2.40. The SMILES string of the molecule is O=C(NCCS(=O)(=O)N1CCCCC1)c1ccncc1. The van der Waals surface area contributed by atoms with Gasteiger partial charge in [0.1, 0.15) is 0 Å². The molecule has 2 heterocycles. The molecule has 1 N–H and O–H groups in total. The first-order chi connectivity index (χ1) is 9.59. The number of sulfonamides is 1. The number of rotatable bonds is 5. The zero-order chi connectivity index (χ0) is 14.4. The lowest BCUT2D eigenvalue weighted by molar-refractivity contribution is 0.0956. The van der Waals surface area contributed by atoms with E-state index in [0.717, 1.165) is 19.3 Å². The molecule has 110 valence electrons. The first-order valence-corrected chi connectivity index (χ1v) is 8.36. The Labute approximate surface area is 119 Å². The van der Waals surface area contributed by atoms with Crippen molar-refractivity contribution in [1.29, 1.82) is 0 Å². The monoisotopic (exact) mass is 297 g/mol. The molecule has 0 aromatic carbocycles. The van der Waals surface area contributed by atoms with Crippen molar-refractivity contribution in [2.45, 2.75) is 19.3 Å². The highest BCUT2D eigenvalue weighted by molar-refractivity contribution is 7.89. The Morgan fingerprint density at radius 2 is 1.85 bits per heavy atom. The number of piperidine rings is 1. The smallest absolute Gasteiger partial charge is 0.251 e. The van der Waals surface area contributed by atoms with Crippen LogP contribution in [0.4, 0.5) is 0 Å². The zero-order valence-electron chi connectivity index (χ0n) is 11.3. The van der Waals surface area contributed by atoms with E-state index in [1.165, 1.54) is 16.7 Å². The maximum atomic E-state index is 12.1. The molecule has 1 aromatic rings. The topological polar surface area (TPSA) is 79.4 Å². The average Bonchev–Trinajstić information content (AvgIpc) is 2.49. The van der Waals surface area contributed by atoms with Gasteiger partial charge in [-0.2, -0.15) is 0 Å². The van der Waals surface area contributed by atoms with Crippen molar-refractivity contribution in [3.05, 3.63) is 30.1 Å². The second-order valence-corrected chi connectivity index (χ2v) is 6.86. The summed E-state index contributed by atoms with van der Waals surface area (Å²) in [6, 6.07) is 3.18. The van der Waals surface area contributed by atoms with Crippen LogP contribution in [-0.4, -0.2) is 49.0 Å². The third-order valence-corrected chi connectivity index (χ3v) is 5.17. The average molecular weight is 297 g/mol. The van der Waals surface area contributed by atoms with Crippen LogP contribution in [0.25, 0.3) is 0 Å². The number of carbonyl (C=O) groups excluding carboxylic acids is 1. The van der Waals surface area contributed by atoms with Gasteiger partial charge in [0.05, 0.1) is 5.75 Å². The summed E-state index contributed by atoms with van der Waals surface area (Å²) in [5, 5.41) is 2.62. The fraction of sp³-hybridized carbons (Fsp3) is 0.538. The molecule has 7 heteroatoms. The summed E-state index contributed by atoms with van der Waals surface area (Å²) in [6.45, 7) is 1.32. The zero-order valence-corrected chi connectivity index (χ0v) is 12.1. The number of hydrogen-bond donors (Lipinski definition) is 1. The molecule has 0 unspecified atom stereocenters. The molecule has 1 saturated heterocycles. The van der Waals surface area contributed by atoms with Gasteiger partial charge in [-0.1, -0.05) is 6.42 Å². The van der Waals surface area contributed by atoms with Crippen molar-refractivity contribution >= 4 is 15.9 Å². The Morgan fingerprint density at radius 1 is 1.20 bits per heavy atom. The Hall–Kier alpha value is -1.47. The molecule has 20 heavy (non-hydrogen) atoms. The largest absolute Gasteiger partial charge is 0.351 e. The Kier molecular flexibility index (Phi) is 5.08. The molecular formula is C13H19N3O3S. The number of pyridine rings is 1. The van der Waals surface area contributed by atoms with E-state index < -0.39 is 10.0 Å². The van der Waals surface area contributed by atoms with E-state index in [1.807, 2.05) is 0 Å². The first kappa shape index (κ1) is 14.9. The summed E-state index contributed by atoms with van der Waals surface area (Å²) in [5.74, 6) is -0.328. The molecule has 0 saturated carbocycles. The van der Waals surface area contributed by atoms with Gasteiger partial charge in [-0.3, -0.25) is 9.78 Å². The van der Waals surface area contributed by atoms with Crippen molar-refractivity contribution in [1.82, 2.24) is 14.6 Å². The Balaban J connectivity index is 1.81. The van der Waals surface area contributed by atoms with Gasteiger partial charge in [-0.05, 0) is 25.0 Å². The van der Waals surface area contributed by atoms with Gasteiger partial charge in [0.25, 0.3) is 5.91 Å². The summed E-state index contributed by atoms with van der Waals surface area (Å²) in [7, 11) is -3.25. The van der Waals surface area contributed by atoms with Gasteiger partial charge in [0.15, 0.2) is 0 Å². The molecule has 2 rings (SSSR count). The van der Waals surface area contributed by atoms with Crippen LogP contribution in [0.3, 0.4) is 0 Å². The molecule has 0 aliphatic carbocycles. The second kappa shape index (κ2) is 6.81. The van der Waals surface area contributed by atoms with Gasteiger partial charge in [0, 0.05) is 37.6 Å². The third-order valence-electron chi connectivity index (χ3n) is 3.30. The van der Waals surface area contributed by atoms with E-state index in [-0.39, 0.29) is 18.2 Å². The summed E-state index contributed by atoms with van der Waals surface area (Å²) in [6.07, 6.45) is 5.98. The van der Waals surface area contributed by atoms with Crippen molar-refractivity contribution in [3.8, 4) is 0 Å². The molecule has 1 amide bonds. The Bertz CT molecular complexity index is 539. The molecule has 6 nitrogen and oxygen atoms in total. The molecule has 0 atom stereocenters. The van der Waals surface area contributed by atoms with E-state index in [9.17, 15) is 13.2 Å². The van der Waals surface area contributed by atoms with E-state index in [0.29, 0.717) is 18.7 Å². The molecule has 0 radical (unpaired) electrons. The normalized spacial score (nSPS) is 16.8. The lowest BCUT2D eigenvalue weighted by Gasteiger charge is -2.25. The van der Waals surface area contributed by atoms with E-state index in [1.54, 1.807) is 12.1 Å². The minimum atomic E-state index is -3.25. The standard InChI is InChI=1S/C13H19N3O3S/c17-13(12-4-6-14-7-5-12)15-8-11-20(18,19)16-9-2-1-3-10-16/h4-7H,1-3,8-11H2,(H,15,17). The van der Waals surface area contributed by atoms with Crippen LogP contribution in [0.15, 0.2) is 24.5 Å². The van der Waals surface area contributed by atoms with Crippen molar-refractivity contribution in [2.24, 2.45) is 0 Å². The van der Waals surface area contributed by atoms with Crippen molar-refractivity contribution in [2.75, 3.05) is 25.4 Å². The molecule has 1 aliphatic heterocycles. The predicted molar refractivity (Wildman–Crippen MR) is 75.8 cm³/mol. The molecule has 0 bridgehead atoms. The maximum Gasteiger partial charge on any atom is 0.251 e. The van der Waals surface area contributed by atoms with Crippen LogP contribution in [0.1, 0.15) is 29.6 Å². The molecule has 1 aliphatic rings. The van der Waals surface area contributed by atoms with Crippen LogP contribution in [0, 0.1) is 0 Å². The van der Waals surface area contributed by atoms with Crippen LogP contribution in [0.2, 0.25) is 0 Å². The fourth-order valence-corrected chi connectivity index (χ4v) is 3.60. The van der Waals surface area contributed by atoms with Crippen LogP contribution in [-0.2, 0) is 10.0 Å². The van der Waals surface area contributed by atoms with Crippen molar-refractivity contribution < 1.29 is 13.2 Å². The summed E-state index contributed by atoms with van der Waals surface area (Å²) >= 11 is 0. The van der Waals surface area contributed by atoms with E-state index in [2.05, 4.69) is 10.3 Å². The number of amides is 1. The number of hydrogen-bond acceptors (Lipinski definition) is 4. The van der Waals surface area contributed by atoms with E-state index >= 15 is 0 Å². The van der Waals surface area contributed by atoms with Gasteiger partial charge in [0.2, 0.25) is 10.0 Å². The molecule has 1 aromatic heterocycles. The van der Waals surface area contributed by atoms with Crippen LogP contribution >= 0.6 is 0 Å². The highest BCUT2D eigenvalue weighted by Gasteiger charge is 2.23. The van der Waals surface area contributed by atoms with Gasteiger partial charge in [-0.25, -0.2) is 12.7 Å². The lowest BCUT2D eigenvalue weighted by atomic mass is 10.2. The highest BCUT2D eigenvalue weighted by atomic mass is 32.2. The van der Waals surface area contributed by atoms with Gasteiger partial charge in [-0.15, -0.1) is 0 Å². The van der Waals surface area contributed by atoms with E-state index in [4.69, 9.17) is 0 Å². The quantitative estimate of drug-likeness (QED) is 0.864. The maximum absolute atomic E-state index is 12.1. The number of aromatic nitrogens is 1. The number of nitrogens with zero attached hydrogens (tertiary/aromatic N) is 2. The van der Waals surface area contributed by atoms with Crippen LogP contribution < -0.4 is 5.32 Å². The molecule has 0 spiro atoms. The number of nitrogens with one attached hydrogen (secondary N) is 1. The minimum Gasteiger partial charge on any atom is -0.351 e. The number of carbonyl (C=O) groups is 1. The second-order valence-electron chi connectivity index (χ2n) is 4.77. The fourth-order valence-electron chi connectivity index (χ4n) is 2.17. The minimum absolute atomic E-state index is 0.0518. The first-order valence-electron chi connectivity index (χ1n) is 6.76. The van der Waals surface area contributed by atoms with Crippen LogP contribution in [0.5, 0.6) is 0 Å². The highest BCUT2D eigenvalue weighted by Crippen LogP contribution is 2.13. The molecular weight excluding hydrogens is 278 g/mol. The van der Waals surface area contributed by atoms with Crippen molar-refractivity contribution in [3.63, 3.8) is 0 Å². The summed E-state index contributed by atoms with van der Waals surface area (Å²) in [4.78, 5) is 15.6.